The lowest BCUT2D eigenvalue weighted by Crippen LogP contribution is -2.35. The van der Waals surface area contributed by atoms with Gasteiger partial charge in [-0.15, -0.1) is 0 Å². The van der Waals surface area contributed by atoms with Crippen LogP contribution in [-0.4, -0.2) is 43.5 Å². The number of fused-ring (bicyclic) bond motifs is 1. The Bertz CT molecular complexity index is 1120. The molecule has 1 unspecified atom stereocenters. The third-order valence-electron chi connectivity index (χ3n) is 7.50. The van der Waals surface area contributed by atoms with Gasteiger partial charge in [-0.1, -0.05) is 20.8 Å². The van der Waals surface area contributed by atoms with E-state index in [4.69, 9.17) is 0 Å². The number of hydrogen-bond acceptors (Lipinski definition) is 5. The molecule has 1 aliphatic heterocycles. The molecule has 0 spiro atoms. The Hall–Kier alpha value is -2.33. The number of nitrogens with one attached hydrogen (secondary N) is 1. The summed E-state index contributed by atoms with van der Waals surface area (Å²) in [6.07, 6.45) is 0.677. The van der Waals surface area contributed by atoms with E-state index < -0.39 is 22.9 Å². The molecule has 2 aliphatic rings. The second kappa shape index (κ2) is 11.6. The van der Waals surface area contributed by atoms with Gasteiger partial charge >= 0.3 is 6.18 Å². The van der Waals surface area contributed by atoms with Crippen molar-refractivity contribution in [2.45, 2.75) is 76.7 Å². The first-order valence-electron chi connectivity index (χ1n) is 13.0. The van der Waals surface area contributed by atoms with E-state index in [9.17, 15) is 22.2 Å². The Kier molecular flexibility index (Phi) is 8.68. The lowest BCUT2D eigenvalue weighted by Gasteiger charge is -2.35. The van der Waals surface area contributed by atoms with Gasteiger partial charge in [0.1, 0.15) is 0 Å². The normalized spacial score (nSPS) is 23.2. The van der Waals surface area contributed by atoms with E-state index in [1.165, 1.54) is 0 Å². The summed E-state index contributed by atoms with van der Waals surface area (Å²) in [6, 6.07) is 5.50. The van der Waals surface area contributed by atoms with Crippen LogP contribution < -0.4 is 5.32 Å². The highest BCUT2D eigenvalue weighted by molar-refractivity contribution is 7.85. The highest BCUT2D eigenvalue weighted by atomic mass is 32.2. The predicted molar refractivity (Wildman–Crippen MR) is 136 cm³/mol. The minimum atomic E-state index is -4.09. The number of halogens is 3. The van der Waals surface area contributed by atoms with Crippen molar-refractivity contribution in [1.82, 2.24) is 20.2 Å². The fourth-order valence-corrected chi connectivity index (χ4v) is 6.26. The summed E-state index contributed by atoms with van der Waals surface area (Å²) in [4.78, 5) is 24.8. The van der Waals surface area contributed by atoms with Crippen LogP contribution in [0.3, 0.4) is 0 Å². The largest absolute Gasteiger partial charge is 0.391 e. The third kappa shape index (κ3) is 6.57. The van der Waals surface area contributed by atoms with Gasteiger partial charge in [0.25, 0.3) is 5.91 Å². The average Bonchev–Trinajstić information content (AvgIpc) is 3.24. The summed E-state index contributed by atoms with van der Waals surface area (Å²) < 4.78 is 51.1. The maximum atomic E-state index is 13.1. The second-order valence-corrected chi connectivity index (χ2v) is 12.2. The molecule has 1 N–H and O–H groups in total. The van der Waals surface area contributed by atoms with Gasteiger partial charge in [-0.2, -0.15) is 13.2 Å². The monoisotopic (exact) mass is 536 g/mol. The summed E-state index contributed by atoms with van der Waals surface area (Å²) in [5, 5.41) is 2.87. The summed E-state index contributed by atoms with van der Waals surface area (Å²) in [7, 11) is -1.07. The van der Waals surface area contributed by atoms with Crippen LogP contribution in [0.4, 0.5) is 13.2 Å². The highest BCUT2D eigenvalue weighted by Crippen LogP contribution is 2.43. The lowest BCUT2D eigenvalue weighted by molar-refractivity contribution is -0.184. The van der Waals surface area contributed by atoms with E-state index in [-0.39, 0.29) is 43.2 Å². The quantitative estimate of drug-likeness (QED) is 0.488. The molecule has 0 bridgehead atoms. The third-order valence-corrected chi connectivity index (χ3v) is 8.79. The molecule has 1 fully saturated rings. The minimum absolute atomic E-state index is 0.0869. The zero-order valence-electron chi connectivity index (χ0n) is 21.6. The number of alkyl halides is 3. The Morgan fingerprint density at radius 3 is 2.49 bits per heavy atom. The van der Waals surface area contributed by atoms with Crippen molar-refractivity contribution in [3.05, 3.63) is 53.1 Å². The molecule has 3 heterocycles. The van der Waals surface area contributed by atoms with Gasteiger partial charge in [-0.25, -0.2) is 0 Å². The molecule has 0 aromatic carbocycles. The van der Waals surface area contributed by atoms with Crippen molar-refractivity contribution in [1.29, 1.82) is 0 Å². The summed E-state index contributed by atoms with van der Waals surface area (Å²) in [5.74, 6) is -0.362. The Labute approximate surface area is 218 Å². The van der Waals surface area contributed by atoms with Crippen molar-refractivity contribution in [2.24, 2.45) is 17.8 Å². The van der Waals surface area contributed by atoms with Gasteiger partial charge < -0.3 is 5.32 Å². The van der Waals surface area contributed by atoms with E-state index in [1.807, 2.05) is 13.0 Å². The van der Waals surface area contributed by atoms with Crippen molar-refractivity contribution < 1.29 is 22.2 Å². The van der Waals surface area contributed by atoms with Gasteiger partial charge in [-0.05, 0) is 61.3 Å². The molecule has 2 aromatic rings. The maximum Gasteiger partial charge on any atom is 0.391 e. The lowest BCUT2D eigenvalue weighted by atomic mass is 9.81. The fourth-order valence-electron chi connectivity index (χ4n) is 5.54. The molecule has 1 amide bonds. The van der Waals surface area contributed by atoms with Crippen LogP contribution >= 0.6 is 0 Å². The minimum Gasteiger partial charge on any atom is -0.346 e. The smallest absolute Gasteiger partial charge is 0.346 e. The van der Waals surface area contributed by atoms with Gasteiger partial charge in [-0.3, -0.25) is 23.9 Å². The van der Waals surface area contributed by atoms with Gasteiger partial charge in [0.2, 0.25) is 0 Å². The molecule has 37 heavy (non-hydrogen) atoms. The molecular weight excluding hydrogens is 501 g/mol. The first kappa shape index (κ1) is 27.7. The van der Waals surface area contributed by atoms with Gasteiger partial charge in [0, 0.05) is 31.2 Å². The van der Waals surface area contributed by atoms with Crippen LogP contribution in [0.1, 0.15) is 79.8 Å². The number of hydrogen-bond donors (Lipinski definition) is 1. The number of aromatic nitrogens is 2. The number of nitrogens with zero attached hydrogens (tertiary/aromatic N) is 3. The Balaban J connectivity index is 1.38. The Morgan fingerprint density at radius 1 is 1.16 bits per heavy atom. The molecular formula is C27H35F3N4O2S. The molecule has 1 aliphatic carbocycles. The van der Waals surface area contributed by atoms with Crippen molar-refractivity contribution >= 4 is 16.7 Å². The molecule has 0 radical (unpaired) electrons. The van der Waals surface area contributed by atoms with Crippen molar-refractivity contribution in [2.75, 3.05) is 12.3 Å². The average molecular weight is 537 g/mol. The van der Waals surface area contributed by atoms with E-state index in [0.29, 0.717) is 41.3 Å². The van der Waals surface area contributed by atoms with Crippen LogP contribution in [0.25, 0.3) is 0 Å². The molecule has 1 saturated carbocycles. The summed E-state index contributed by atoms with van der Waals surface area (Å²) in [6.45, 7) is 7.74. The first-order chi connectivity index (χ1) is 17.6. The first-order valence-corrected chi connectivity index (χ1v) is 14.3. The Morgan fingerprint density at radius 2 is 1.89 bits per heavy atom. The highest BCUT2D eigenvalue weighted by Gasteiger charge is 2.42. The molecule has 6 nitrogen and oxygen atoms in total. The fraction of sp³-hybridized carbons (Fsp3) is 0.593. The van der Waals surface area contributed by atoms with E-state index >= 15 is 0 Å². The topological polar surface area (TPSA) is 75.2 Å². The van der Waals surface area contributed by atoms with Crippen molar-refractivity contribution in [3.8, 4) is 0 Å². The SMILES string of the molecule is CCS(=O)c1ccc(CNC(=O)c2cnc3c(c2)CN(CC2CCC(C(F)(F)F)CC2)[C@@H]3C(C)C)nc1. The summed E-state index contributed by atoms with van der Waals surface area (Å²) >= 11 is 0. The van der Waals surface area contributed by atoms with Crippen molar-refractivity contribution in [3.63, 3.8) is 0 Å². The van der Waals surface area contributed by atoms with E-state index in [2.05, 4.69) is 34.0 Å². The molecule has 0 saturated heterocycles. The van der Waals surface area contributed by atoms with Crippen LogP contribution in [0.15, 0.2) is 35.5 Å². The van der Waals surface area contributed by atoms with Crippen LogP contribution in [0.5, 0.6) is 0 Å². The predicted octanol–water partition coefficient (Wildman–Crippen LogP) is 5.42. The van der Waals surface area contributed by atoms with Gasteiger partial charge in [0.15, 0.2) is 0 Å². The number of pyridine rings is 2. The molecule has 202 valence electrons. The number of amides is 1. The molecule has 2 atom stereocenters. The van der Waals surface area contributed by atoms with Crippen LogP contribution in [-0.2, 0) is 23.9 Å². The maximum absolute atomic E-state index is 13.1. The van der Waals surface area contributed by atoms with Crippen LogP contribution in [0.2, 0.25) is 0 Å². The number of carbonyl (C=O) groups is 1. The van der Waals surface area contributed by atoms with Crippen LogP contribution in [0, 0.1) is 17.8 Å². The van der Waals surface area contributed by atoms with E-state index in [0.717, 1.165) is 17.8 Å². The zero-order valence-corrected chi connectivity index (χ0v) is 22.4. The number of carbonyl (C=O) groups excluding carboxylic acids is 1. The molecule has 10 heteroatoms. The number of rotatable bonds is 8. The summed E-state index contributed by atoms with van der Waals surface area (Å²) in [5.41, 5.74) is 3.10. The molecule has 2 aromatic heterocycles. The zero-order chi connectivity index (χ0) is 26.7. The molecule has 4 rings (SSSR count). The van der Waals surface area contributed by atoms with Gasteiger partial charge in [0.05, 0.1) is 51.2 Å². The van der Waals surface area contributed by atoms with E-state index in [1.54, 1.807) is 24.5 Å². The standard InChI is InChI=1S/C27H35F3N4O2S/c1-4-37(36)23-10-9-22(31-14-23)13-33-26(35)19-11-20-16-34(25(17(2)3)24(20)32-12-19)15-18-5-7-21(8-6-18)27(28,29)30/h9-12,14,17-18,21,25H,4-8,13,15-16H2,1-3H3,(H,33,35)/t18?,21?,25-,37?/m1/s1. The second-order valence-electron chi connectivity index (χ2n) is 10.4.